The van der Waals surface area contributed by atoms with E-state index in [0.717, 1.165) is 15.4 Å². The minimum Gasteiger partial charge on any atom is -0.497 e. The molecule has 0 saturated heterocycles. The lowest BCUT2D eigenvalue weighted by Gasteiger charge is -2.32. The van der Waals surface area contributed by atoms with Crippen molar-refractivity contribution in [3.63, 3.8) is 0 Å². The number of amides is 2. The molecule has 0 unspecified atom stereocenters. The average molecular weight is 630 g/mol. The van der Waals surface area contributed by atoms with E-state index >= 15 is 0 Å². The maximum absolute atomic E-state index is 14.1. The van der Waals surface area contributed by atoms with Crippen LogP contribution in [-0.4, -0.2) is 50.9 Å². The van der Waals surface area contributed by atoms with Crippen LogP contribution in [0.4, 0.5) is 5.69 Å². The molecule has 1 atom stereocenters. The first-order valence-electron chi connectivity index (χ1n) is 14.6. The number of carbonyl (C=O) groups is 2. The van der Waals surface area contributed by atoms with Crippen LogP contribution >= 0.6 is 0 Å². The summed E-state index contributed by atoms with van der Waals surface area (Å²) in [6.07, 6.45) is 0. The Morgan fingerprint density at radius 2 is 1.36 bits per heavy atom. The number of nitrogens with zero attached hydrogens (tertiary/aromatic N) is 2. The maximum atomic E-state index is 14.1. The number of methoxy groups -OCH3 is 1. The third-order valence-corrected chi connectivity index (χ3v) is 8.89. The lowest BCUT2D eigenvalue weighted by Crippen LogP contribution is -2.52. The molecule has 45 heavy (non-hydrogen) atoms. The van der Waals surface area contributed by atoms with Gasteiger partial charge < -0.3 is 19.7 Å². The van der Waals surface area contributed by atoms with Gasteiger partial charge in [-0.2, -0.15) is 0 Å². The van der Waals surface area contributed by atoms with Crippen molar-refractivity contribution in [3.05, 3.63) is 114 Å². The Labute approximate surface area is 265 Å². The Hall–Kier alpha value is -4.83. The molecule has 10 heteroatoms. The molecule has 0 heterocycles. The molecule has 0 radical (unpaired) electrons. The van der Waals surface area contributed by atoms with E-state index in [1.165, 1.54) is 17.0 Å². The summed E-state index contributed by atoms with van der Waals surface area (Å²) in [5.41, 5.74) is 1.92. The highest BCUT2D eigenvalue weighted by Gasteiger charge is 2.32. The number of para-hydroxylation sites is 1. The van der Waals surface area contributed by atoms with Crippen LogP contribution in [0.1, 0.15) is 31.9 Å². The molecule has 4 aromatic carbocycles. The van der Waals surface area contributed by atoms with Crippen LogP contribution in [0.15, 0.2) is 108 Å². The number of ether oxygens (including phenoxy) is 2. The third kappa shape index (κ3) is 8.63. The lowest BCUT2D eigenvalue weighted by molar-refractivity contribution is -0.139. The maximum Gasteiger partial charge on any atom is 0.264 e. The van der Waals surface area contributed by atoms with Gasteiger partial charge in [-0.25, -0.2) is 8.42 Å². The summed E-state index contributed by atoms with van der Waals surface area (Å²) >= 11 is 0. The van der Waals surface area contributed by atoms with Crippen molar-refractivity contribution in [1.82, 2.24) is 10.2 Å². The zero-order valence-corrected chi connectivity index (χ0v) is 27.0. The molecule has 0 fully saturated rings. The molecular weight excluding hydrogens is 590 g/mol. The van der Waals surface area contributed by atoms with Crippen molar-refractivity contribution < 1.29 is 27.5 Å². The van der Waals surface area contributed by atoms with E-state index in [1.807, 2.05) is 51.1 Å². The van der Waals surface area contributed by atoms with Crippen molar-refractivity contribution in [3.8, 4) is 17.2 Å². The number of rotatable bonds is 13. The van der Waals surface area contributed by atoms with Gasteiger partial charge in [-0.3, -0.25) is 13.9 Å². The molecule has 0 saturated carbocycles. The molecule has 0 aliphatic carbocycles. The summed E-state index contributed by atoms with van der Waals surface area (Å²) in [6.45, 7) is 6.71. The average Bonchev–Trinajstić information content (AvgIpc) is 3.03. The summed E-state index contributed by atoms with van der Waals surface area (Å²) in [6, 6.07) is 28.3. The second-order valence-corrected chi connectivity index (χ2v) is 12.8. The molecule has 2 amide bonds. The van der Waals surface area contributed by atoms with Gasteiger partial charge in [0.25, 0.3) is 10.0 Å². The summed E-state index contributed by atoms with van der Waals surface area (Å²) in [5, 5.41) is 2.86. The highest BCUT2D eigenvalue weighted by molar-refractivity contribution is 7.92. The van der Waals surface area contributed by atoms with Gasteiger partial charge in [0, 0.05) is 12.6 Å². The lowest BCUT2D eigenvalue weighted by atomic mass is 10.1. The van der Waals surface area contributed by atoms with E-state index in [-0.39, 0.29) is 29.1 Å². The quantitative estimate of drug-likeness (QED) is 0.197. The number of aryl methyl sites for hydroxylation is 1. The molecule has 9 nitrogen and oxygen atoms in total. The Morgan fingerprint density at radius 3 is 1.93 bits per heavy atom. The fourth-order valence-corrected chi connectivity index (χ4v) is 6.00. The van der Waals surface area contributed by atoms with Crippen LogP contribution in [-0.2, 0) is 26.2 Å². The van der Waals surface area contributed by atoms with Crippen LogP contribution in [0.2, 0.25) is 0 Å². The van der Waals surface area contributed by atoms with E-state index in [2.05, 4.69) is 5.32 Å². The SMILES string of the molecule is COc1ccc(CN(C(=O)CN(c2ccc(Oc3ccccc3)cc2)S(=O)(=O)c2ccc(C)cc2)[C@@H](C)C(=O)NC(C)C)cc1. The minimum absolute atomic E-state index is 0.0396. The highest BCUT2D eigenvalue weighted by Crippen LogP contribution is 2.29. The summed E-state index contributed by atoms with van der Waals surface area (Å²) < 4.78 is 40.4. The first kappa shape index (κ1) is 33.1. The van der Waals surface area contributed by atoms with E-state index in [4.69, 9.17) is 9.47 Å². The summed E-state index contributed by atoms with van der Waals surface area (Å²) in [7, 11) is -2.63. The van der Waals surface area contributed by atoms with Gasteiger partial charge in [-0.15, -0.1) is 0 Å². The van der Waals surface area contributed by atoms with Crippen LogP contribution in [0.3, 0.4) is 0 Å². The summed E-state index contributed by atoms with van der Waals surface area (Å²) in [4.78, 5) is 28.7. The Morgan fingerprint density at radius 1 is 0.778 bits per heavy atom. The molecule has 0 aliphatic rings. The van der Waals surface area contributed by atoms with Gasteiger partial charge in [0.2, 0.25) is 11.8 Å². The van der Waals surface area contributed by atoms with Crippen molar-refractivity contribution in [1.29, 1.82) is 0 Å². The van der Waals surface area contributed by atoms with Crippen LogP contribution in [0.25, 0.3) is 0 Å². The normalized spacial score (nSPS) is 11.9. The molecule has 0 aliphatic heterocycles. The number of anilines is 1. The van der Waals surface area contributed by atoms with Gasteiger partial charge >= 0.3 is 0 Å². The molecule has 1 N–H and O–H groups in total. The second kappa shape index (κ2) is 14.8. The minimum atomic E-state index is -4.19. The zero-order valence-electron chi connectivity index (χ0n) is 26.1. The Kier molecular flexibility index (Phi) is 10.9. The monoisotopic (exact) mass is 629 g/mol. The van der Waals surface area contributed by atoms with Gasteiger partial charge in [0.1, 0.15) is 29.8 Å². The number of sulfonamides is 1. The number of hydrogen-bond acceptors (Lipinski definition) is 6. The molecule has 0 aromatic heterocycles. The van der Waals surface area contributed by atoms with Crippen LogP contribution in [0, 0.1) is 6.92 Å². The first-order valence-corrected chi connectivity index (χ1v) is 16.1. The molecule has 236 valence electrons. The topological polar surface area (TPSA) is 105 Å². The van der Waals surface area contributed by atoms with E-state index in [1.54, 1.807) is 74.7 Å². The van der Waals surface area contributed by atoms with E-state index < -0.39 is 28.5 Å². The second-order valence-electron chi connectivity index (χ2n) is 10.9. The zero-order chi connectivity index (χ0) is 32.6. The van der Waals surface area contributed by atoms with Crippen molar-refractivity contribution in [2.45, 2.75) is 51.2 Å². The summed E-state index contributed by atoms with van der Waals surface area (Å²) in [5.74, 6) is 0.897. The fraction of sp³-hybridized carbons (Fsp3) is 0.257. The number of benzene rings is 4. The Balaban J connectivity index is 1.70. The number of hydrogen-bond donors (Lipinski definition) is 1. The Bertz CT molecular complexity index is 1670. The molecule has 4 rings (SSSR count). The molecule has 4 aromatic rings. The predicted octanol–water partition coefficient (Wildman–Crippen LogP) is 5.93. The van der Waals surface area contributed by atoms with Crippen molar-refractivity contribution in [2.75, 3.05) is 18.0 Å². The first-order chi connectivity index (χ1) is 21.5. The number of carbonyl (C=O) groups excluding carboxylic acids is 2. The van der Waals surface area contributed by atoms with Crippen LogP contribution < -0.4 is 19.1 Å². The molecular formula is C35H39N3O6S. The largest absolute Gasteiger partial charge is 0.497 e. The van der Waals surface area contributed by atoms with Crippen molar-refractivity contribution >= 4 is 27.5 Å². The number of nitrogens with one attached hydrogen (secondary N) is 1. The van der Waals surface area contributed by atoms with Gasteiger partial charge in [0.15, 0.2) is 0 Å². The molecule has 0 bridgehead atoms. The predicted molar refractivity (Wildman–Crippen MR) is 175 cm³/mol. The third-order valence-electron chi connectivity index (χ3n) is 7.10. The standard InChI is InChI=1S/C35H39N3O6S/c1-25(2)36-35(40)27(4)37(23-28-13-17-30(43-5)18-14-28)34(39)24-38(45(41,42)33-21-11-26(3)12-22-33)29-15-19-32(20-16-29)44-31-9-7-6-8-10-31/h6-22,25,27H,23-24H2,1-5H3,(H,36,40)/t27-/m0/s1. The smallest absolute Gasteiger partial charge is 0.264 e. The van der Waals surface area contributed by atoms with Gasteiger partial charge in [0.05, 0.1) is 17.7 Å². The van der Waals surface area contributed by atoms with Crippen LogP contribution in [0.5, 0.6) is 17.2 Å². The highest BCUT2D eigenvalue weighted by atomic mass is 32.2. The van der Waals surface area contributed by atoms with E-state index in [9.17, 15) is 18.0 Å². The molecule has 0 spiro atoms. The fourth-order valence-electron chi connectivity index (χ4n) is 4.59. The van der Waals surface area contributed by atoms with Crippen molar-refractivity contribution in [2.24, 2.45) is 0 Å². The van der Waals surface area contributed by atoms with E-state index in [0.29, 0.717) is 17.2 Å². The van der Waals surface area contributed by atoms with Gasteiger partial charge in [-0.05, 0) is 93.9 Å². The van der Waals surface area contributed by atoms with Gasteiger partial charge in [-0.1, -0.05) is 48.0 Å².